The number of aromatic nitrogens is 1. The molecule has 0 aliphatic heterocycles. The minimum Gasteiger partial charge on any atom is -0.361 e. The average molecular weight is 364 g/mol. The predicted molar refractivity (Wildman–Crippen MR) is 92.9 cm³/mol. The van der Waals surface area contributed by atoms with E-state index in [4.69, 9.17) is 11.6 Å². The molecule has 0 fully saturated rings. The van der Waals surface area contributed by atoms with Gasteiger partial charge in [-0.2, -0.15) is 0 Å². The summed E-state index contributed by atoms with van der Waals surface area (Å²) in [6.07, 6.45) is 3.11. The minimum atomic E-state index is 0.754. The van der Waals surface area contributed by atoms with Gasteiger partial charge in [0.05, 0.1) is 0 Å². The fourth-order valence-electron chi connectivity index (χ4n) is 2.45. The largest absolute Gasteiger partial charge is 0.361 e. The fraction of sp³-hybridized carbons (Fsp3) is 0.176. The zero-order valence-corrected chi connectivity index (χ0v) is 13.8. The van der Waals surface area contributed by atoms with E-state index in [1.165, 1.54) is 22.0 Å². The molecular formula is C17H16BrClN2. The molecule has 0 aliphatic carbocycles. The van der Waals surface area contributed by atoms with Crippen LogP contribution in [0.25, 0.3) is 10.9 Å². The molecule has 0 aliphatic rings. The summed E-state index contributed by atoms with van der Waals surface area (Å²) < 4.78 is 1.05. The Balaban J connectivity index is 1.57. The SMILES string of the molecule is Clc1ccc(CNCCc2c[nH]c3ccccc23)c(Br)c1. The van der Waals surface area contributed by atoms with Gasteiger partial charge in [0.25, 0.3) is 0 Å². The van der Waals surface area contributed by atoms with E-state index in [1.807, 2.05) is 18.2 Å². The molecule has 0 spiro atoms. The first-order chi connectivity index (χ1) is 10.2. The molecule has 0 saturated heterocycles. The van der Waals surface area contributed by atoms with Crippen LogP contribution in [0.3, 0.4) is 0 Å². The number of fused-ring (bicyclic) bond motifs is 1. The van der Waals surface area contributed by atoms with Gasteiger partial charge >= 0.3 is 0 Å². The third kappa shape index (κ3) is 3.49. The number of halogens is 2. The van der Waals surface area contributed by atoms with Crippen molar-refractivity contribution >= 4 is 38.4 Å². The molecule has 0 unspecified atom stereocenters. The summed E-state index contributed by atoms with van der Waals surface area (Å²) in [5, 5.41) is 5.54. The number of rotatable bonds is 5. The van der Waals surface area contributed by atoms with E-state index in [0.29, 0.717) is 0 Å². The summed E-state index contributed by atoms with van der Waals surface area (Å²) in [5.41, 5.74) is 3.78. The number of para-hydroxylation sites is 1. The van der Waals surface area contributed by atoms with Crippen LogP contribution in [0.1, 0.15) is 11.1 Å². The maximum absolute atomic E-state index is 5.95. The molecule has 0 amide bonds. The molecule has 0 bridgehead atoms. The number of hydrogen-bond acceptors (Lipinski definition) is 1. The fourth-order valence-corrected chi connectivity index (χ4v) is 3.27. The van der Waals surface area contributed by atoms with Gasteiger partial charge in [0, 0.05) is 33.1 Å². The Morgan fingerprint density at radius 3 is 2.81 bits per heavy atom. The van der Waals surface area contributed by atoms with Crippen molar-refractivity contribution in [1.82, 2.24) is 10.3 Å². The van der Waals surface area contributed by atoms with Gasteiger partial charge in [-0.25, -0.2) is 0 Å². The maximum atomic E-state index is 5.95. The lowest BCUT2D eigenvalue weighted by Crippen LogP contribution is -2.16. The van der Waals surface area contributed by atoms with Crippen LogP contribution >= 0.6 is 27.5 Å². The van der Waals surface area contributed by atoms with E-state index in [2.05, 4.69) is 56.7 Å². The molecule has 21 heavy (non-hydrogen) atoms. The molecule has 3 rings (SSSR count). The Labute approximate surface area is 137 Å². The van der Waals surface area contributed by atoms with Crippen molar-refractivity contribution in [3.63, 3.8) is 0 Å². The van der Waals surface area contributed by atoms with Crippen LogP contribution in [0, 0.1) is 0 Å². The van der Waals surface area contributed by atoms with Crippen molar-refractivity contribution < 1.29 is 0 Å². The molecular weight excluding hydrogens is 348 g/mol. The van der Waals surface area contributed by atoms with Crippen molar-refractivity contribution in [3.8, 4) is 0 Å². The summed E-state index contributed by atoms with van der Waals surface area (Å²) in [7, 11) is 0. The van der Waals surface area contributed by atoms with Crippen LogP contribution in [0.4, 0.5) is 0 Å². The van der Waals surface area contributed by atoms with Crippen LogP contribution in [0.15, 0.2) is 53.1 Å². The monoisotopic (exact) mass is 362 g/mol. The van der Waals surface area contributed by atoms with E-state index in [0.717, 1.165) is 29.0 Å². The quantitative estimate of drug-likeness (QED) is 0.619. The van der Waals surface area contributed by atoms with Crippen molar-refractivity contribution in [1.29, 1.82) is 0 Å². The summed E-state index contributed by atoms with van der Waals surface area (Å²) in [6, 6.07) is 14.3. The highest BCUT2D eigenvalue weighted by Gasteiger charge is 2.03. The number of H-pyrrole nitrogens is 1. The van der Waals surface area contributed by atoms with Crippen molar-refractivity contribution in [2.75, 3.05) is 6.54 Å². The van der Waals surface area contributed by atoms with E-state index in [1.54, 1.807) is 0 Å². The number of aromatic amines is 1. The minimum absolute atomic E-state index is 0.754. The maximum Gasteiger partial charge on any atom is 0.0456 e. The molecule has 0 saturated carbocycles. The van der Waals surface area contributed by atoms with E-state index in [-0.39, 0.29) is 0 Å². The first kappa shape index (κ1) is 14.6. The summed E-state index contributed by atoms with van der Waals surface area (Å²) in [6.45, 7) is 1.77. The van der Waals surface area contributed by atoms with Gasteiger partial charge < -0.3 is 10.3 Å². The van der Waals surface area contributed by atoms with E-state index >= 15 is 0 Å². The number of hydrogen-bond donors (Lipinski definition) is 2. The second-order valence-electron chi connectivity index (χ2n) is 5.02. The van der Waals surface area contributed by atoms with Crippen LogP contribution in [-0.4, -0.2) is 11.5 Å². The predicted octanol–water partition coefficient (Wildman–Crippen LogP) is 4.92. The lowest BCUT2D eigenvalue weighted by Gasteiger charge is -2.07. The second kappa shape index (κ2) is 6.65. The smallest absolute Gasteiger partial charge is 0.0456 e. The lowest BCUT2D eigenvalue weighted by molar-refractivity contribution is 0.687. The van der Waals surface area contributed by atoms with Crippen LogP contribution in [-0.2, 0) is 13.0 Å². The number of benzene rings is 2. The van der Waals surface area contributed by atoms with Gasteiger partial charge in [-0.15, -0.1) is 0 Å². The first-order valence-corrected chi connectivity index (χ1v) is 8.11. The second-order valence-corrected chi connectivity index (χ2v) is 6.31. The summed E-state index contributed by atoms with van der Waals surface area (Å²) in [5.74, 6) is 0. The van der Waals surface area contributed by atoms with Gasteiger partial charge in [-0.3, -0.25) is 0 Å². The molecule has 2 nitrogen and oxygen atoms in total. The summed E-state index contributed by atoms with van der Waals surface area (Å²) in [4.78, 5) is 3.31. The molecule has 0 atom stereocenters. The Kier molecular flexibility index (Phi) is 4.63. The Morgan fingerprint density at radius 2 is 1.95 bits per heavy atom. The molecule has 4 heteroatoms. The van der Waals surface area contributed by atoms with Gasteiger partial charge in [0.15, 0.2) is 0 Å². The Hall–Kier alpha value is -1.29. The highest BCUT2D eigenvalue weighted by molar-refractivity contribution is 9.10. The average Bonchev–Trinajstić information content (AvgIpc) is 2.89. The Bertz CT molecular complexity index is 751. The van der Waals surface area contributed by atoms with Crippen LogP contribution in [0.5, 0.6) is 0 Å². The van der Waals surface area contributed by atoms with Gasteiger partial charge in [-0.05, 0) is 42.3 Å². The van der Waals surface area contributed by atoms with Crippen molar-refractivity contribution in [3.05, 3.63) is 69.3 Å². The van der Waals surface area contributed by atoms with Gasteiger partial charge in [0.1, 0.15) is 0 Å². The molecule has 1 aromatic heterocycles. The first-order valence-electron chi connectivity index (χ1n) is 6.93. The topological polar surface area (TPSA) is 27.8 Å². The van der Waals surface area contributed by atoms with E-state index in [9.17, 15) is 0 Å². The standard InChI is InChI=1S/C17H16BrClN2/c18-16-9-14(19)6-5-13(16)10-20-8-7-12-11-21-17-4-2-1-3-15(12)17/h1-6,9,11,20-21H,7-8,10H2. The molecule has 2 N–H and O–H groups in total. The normalized spacial score (nSPS) is 11.1. The Morgan fingerprint density at radius 1 is 1.10 bits per heavy atom. The zero-order chi connectivity index (χ0) is 14.7. The molecule has 1 heterocycles. The molecule has 108 valence electrons. The molecule has 0 radical (unpaired) electrons. The molecule has 3 aromatic rings. The highest BCUT2D eigenvalue weighted by Crippen LogP contribution is 2.21. The third-order valence-corrected chi connectivity index (χ3v) is 4.55. The van der Waals surface area contributed by atoms with Crippen LogP contribution < -0.4 is 5.32 Å². The zero-order valence-electron chi connectivity index (χ0n) is 11.5. The third-order valence-electron chi connectivity index (χ3n) is 3.58. The van der Waals surface area contributed by atoms with Gasteiger partial charge in [-0.1, -0.05) is 51.8 Å². The van der Waals surface area contributed by atoms with Crippen molar-refractivity contribution in [2.45, 2.75) is 13.0 Å². The van der Waals surface area contributed by atoms with Crippen LogP contribution in [0.2, 0.25) is 5.02 Å². The lowest BCUT2D eigenvalue weighted by atomic mass is 10.1. The van der Waals surface area contributed by atoms with Gasteiger partial charge in [0.2, 0.25) is 0 Å². The molecule has 2 aromatic carbocycles. The number of nitrogens with one attached hydrogen (secondary N) is 2. The summed E-state index contributed by atoms with van der Waals surface area (Å²) >= 11 is 9.49. The highest BCUT2D eigenvalue weighted by atomic mass is 79.9. The van der Waals surface area contributed by atoms with Crippen molar-refractivity contribution in [2.24, 2.45) is 0 Å². The van der Waals surface area contributed by atoms with E-state index < -0.39 is 0 Å².